The number of carbonyl (C=O) groups is 1. The molecule has 1 aromatic heterocycles. The van der Waals surface area contributed by atoms with Gasteiger partial charge >= 0.3 is 5.97 Å². The maximum Gasteiger partial charge on any atom is 0.317 e. The van der Waals surface area contributed by atoms with Crippen molar-refractivity contribution < 1.29 is 9.90 Å². The summed E-state index contributed by atoms with van der Waals surface area (Å²) in [5, 5.41) is 19.4. The molecule has 0 fully saturated rings. The lowest BCUT2D eigenvalue weighted by Crippen LogP contribution is -1.88. The highest BCUT2D eigenvalue weighted by molar-refractivity contribution is 7.07. The van der Waals surface area contributed by atoms with Crippen molar-refractivity contribution in [2.75, 3.05) is 0 Å². The standard InChI is InChI=1S/C4H4S.C3H3NO2/c1-2-4-5-3-1;4-2-1-3(5)6/h1-4H;1H2,(H,5,6). The minimum absolute atomic E-state index is 0.403. The van der Waals surface area contributed by atoms with Crippen LogP contribution in [-0.4, -0.2) is 11.1 Å². The molecule has 0 saturated heterocycles. The third-order valence-electron chi connectivity index (χ3n) is 0.656. The quantitative estimate of drug-likeness (QED) is 0.696. The van der Waals surface area contributed by atoms with Gasteiger partial charge in [-0.25, -0.2) is 0 Å². The van der Waals surface area contributed by atoms with Crippen molar-refractivity contribution in [1.82, 2.24) is 0 Å². The molecule has 0 aromatic carbocycles. The zero-order valence-electron chi connectivity index (χ0n) is 5.73. The van der Waals surface area contributed by atoms with Gasteiger partial charge in [-0.1, -0.05) is 12.1 Å². The fourth-order valence-electron chi connectivity index (χ4n) is 0.294. The Morgan fingerprint density at radius 2 is 2.09 bits per heavy atom. The summed E-state index contributed by atoms with van der Waals surface area (Å²) in [4.78, 5) is 9.38. The summed E-state index contributed by atoms with van der Waals surface area (Å²) in [6, 6.07) is 5.50. The maximum atomic E-state index is 9.38. The van der Waals surface area contributed by atoms with Crippen molar-refractivity contribution in [2.45, 2.75) is 6.42 Å². The number of nitriles is 1. The van der Waals surface area contributed by atoms with Crippen molar-refractivity contribution in [1.29, 1.82) is 5.26 Å². The van der Waals surface area contributed by atoms with Gasteiger partial charge < -0.3 is 5.11 Å². The molecule has 58 valence electrons. The first-order chi connectivity index (χ1) is 5.27. The summed E-state index contributed by atoms with van der Waals surface area (Å²) in [5.41, 5.74) is 0. The fourth-order valence-corrected chi connectivity index (χ4v) is 0.748. The Morgan fingerprint density at radius 1 is 1.55 bits per heavy atom. The van der Waals surface area contributed by atoms with Crippen molar-refractivity contribution in [3.05, 3.63) is 22.9 Å². The summed E-state index contributed by atoms with van der Waals surface area (Å²) in [7, 11) is 0. The highest BCUT2D eigenvalue weighted by atomic mass is 32.1. The van der Waals surface area contributed by atoms with E-state index in [9.17, 15) is 4.79 Å². The third kappa shape index (κ3) is 8.66. The molecule has 0 aliphatic rings. The molecule has 1 N–H and O–H groups in total. The molecule has 1 rings (SSSR count). The SMILES string of the molecule is N#CCC(=O)O.c1ccsc1. The van der Waals surface area contributed by atoms with E-state index in [1.54, 1.807) is 11.3 Å². The van der Waals surface area contributed by atoms with Crippen molar-refractivity contribution in [3.8, 4) is 6.07 Å². The Hall–Kier alpha value is -1.34. The van der Waals surface area contributed by atoms with E-state index in [0.29, 0.717) is 0 Å². The molecule has 11 heavy (non-hydrogen) atoms. The van der Waals surface area contributed by atoms with Crippen LogP contribution in [0.1, 0.15) is 6.42 Å². The first kappa shape index (κ1) is 9.66. The molecule has 0 atom stereocenters. The molecule has 4 heteroatoms. The summed E-state index contributed by atoms with van der Waals surface area (Å²) in [5.74, 6) is -1.07. The van der Waals surface area contributed by atoms with Crippen LogP contribution in [0.25, 0.3) is 0 Å². The molecule has 0 bridgehead atoms. The Morgan fingerprint density at radius 3 is 2.18 bits per heavy atom. The van der Waals surface area contributed by atoms with E-state index < -0.39 is 12.4 Å². The van der Waals surface area contributed by atoms with Gasteiger partial charge in [-0.2, -0.15) is 16.6 Å². The van der Waals surface area contributed by atoms with Gasteiger partial charge in [0.15, 0.2) is 0 Å². The topological polar surface area (TPSA) is 61.1 Å². The molecule has 0 spiro atoms. The second kappa shape index (κ2) is 6.78. The van der Waals surface area contributed by atoms with E-state index in [2.05, 4.69) is 0 Å². The average Bonchev–Trinajstić information content (AvgIpc) is 2.41. The first-order valence-electron chi connectivity index (χ1n) is 2.83. The predicted molar refractivity (Wildman–Crippen MR) is 42.2 cm³/mol. The van der Waals surface area contributed by atoms with Gasteiger partial charge in [0.05, 0.1) is 6.07 Å². The number of carboxylic acids is 1. The molecule has 0 amide bonds. The third-order valence-corrected chi connectivity index (χ3v) is 1.28. The molecule has 0 aliphatic carbocycles. The Kier molecular flexibility index (Phi) is 5.95. The van der Waals surface area contributed by atoms with Gasteiger partial charge in [0.2, 0.25) is 0 Å². The predicted octanol–water partition coefficient (Wildman–Crippen LogP) is 1.73. The number of aliphatic carboxylic acids is 1. The molecule has 0 radical (unpaired) electrons. The Bertz CT molecular complexity index is 208. The summed E-state index contributed by atoms with van der Waals surface area (Å²) >= 11 is 1.71. The van der Waals surface area contributed by atoms with Crippen LogP contribution in [0.3, 0.4) is 0 Å². The van der Waals surface area contributed by atoms with E-state index >= 15 is 0 Å². The summed E-state index contributed by atoms with van der Waals surface area (Å²) < 4.78 is 0. The van der Waals surface area contributed by atoms with E-state index in [0.717, 1.165) is 0 Å². The van der Waals surface area contributed by atoms with Gasteiger partial charge in [0, 0.05) is 0 Å². The van der Waals surface area contributed by atoms with Gasteiger partial charge in [0.1, 0.15) is 6.42 Å². The number of hydrogen-bond acceptors (Lipinski definition) is 3. The van der Waals surface area contributed by atoms with Crippen molar-refractivity contribution >= 4 is 17.3 Å². The zero-order valence-corrected chi connectivity index (χ0v) is 6.54. The van der Waals surface area contributed by atoms with Crippen LogP contribution in [-0.2, 0) is 4.79 Å². The Balaban J connectivity index is 0.000000183. The van der Waals surface area contributed by atoms with E-state index in [4.69, 9.17) is 10.4 Å². The van der Waals surface area contributed by atoms with Crippen molar-refractivity contribution in [3.63, 3.8) is 0 Å². The van der Waals surface area contributed by atoms with E-state index in [1.165, 1.54) is 6.07 Å². The highest BCUT2D eigenvalue weighted by Gasteiger charge is 1.87. The number of rotatable bonds is 1. The van der Waals surface area contributed by atoms with Crippen LogP contribution in [0, 0.1) is 11.3 Å². The largest absolute Gasteiger partial charge is 0.480 e. The second-order valence-corrected chi connectivity index (χ2v) is 2.34. The second-order valence-electron chi connectivity index (χ2n) is 1.52. The fraction of sp³-hybridized carbons (Fsp3) is 0.143. The first-order valence-corrected chi connectivity index (χ1v) is 3.77. The smallest absolute Gasteiger partial charge is 0.317 e. The highest BCUT2D eigenvalue weighted by Crippen LogP contribution is 1.91. The molecular formula is C7H7NO2S. The molecular weight excluding hydrogens is 162 g/mol. The molecule has 0 unspecified atom stereocenters. The number of thiophene rings is 1. The van der Waals surface area contributed by atoms with Crippen LogP contribution < -0.4 is 0 Å². The van der Waals surface area contributed by atoms with Gasteiger partial charge in [-0.15, -0.1) is 0 Å². The molecule has 1 aromatic rings. The lowest BCUT2D eigenvalue weighted by atomic mass is 10.5. The van der Waals surface area contributed by atoms with Crippen LogP contribution in [0.5, 0.6) is 0 Å². The van der Waals surface area contributed by atoms with Crippen LogP contribution in [0.2, 0.25) is 0 Å². The minimum atomic E-state index is -1.07. The zero-order chi connectivity index (χ0) is 8.53. The molecule has 0 saturated carbocycles. The average molecular weight is 169 g/mol. The summed E-state index contributed by atoms with van der Waals surface area (Å²) in [6.45, 7) is 0. The van der Waals surface area contributed by atoms with Gasteiger partial charge in [-0.3, -0.25) is 4.79 Å². The van der Waals surface area contributed by atoms with Crippen molar-refractivity contribution in [2.24, 2.45) is 0 Å². The van der Waals surface area contributed by atoms with Gasteiger partial charge in [0.25, 0.3) is 0 Å². The van der Waals surface area contributed by atoms with Crippen LogP contribution >= 0.6 is 11.3 Å². The molecule has 3 nitrogen and oxygen atoms in total. The lowest BCUT2D eigenvalue weighted by molar-refractivity contribution is -0.135. The number of carboxylic acid groups (broad SMARTS) is 1. The van der Waals surface area contributed by atoms with Crippen LogP contribution in [0.15, 0.2) is 22.9 Å². The molecule has 0 aliphatic heterocycles. The normalized spacial score (nSPS) is 7.18. The number of nitrogens with zero attached hydrogens (tertiary/aromatic N) is 1. The minimum Gasteiger partial charge on any atom is -0.480 e. The summed E-state index contributed by atoms with van der Waals surface area (Å²) in [6.07, 6.45) is -0.403. The monoisotopic (exact) mass is 169 g/mol. The Labute approximate surface area is 68.5 Å². The number of hydrogen-bond donors (Lipinski definition) is 1. The van der Waals surface area contributed by atoms with Gasteiger partial charge in [-0.05, 0) is 10.8 Å². The van der Waals surface area contributed by atoms with E-state index in [-0.39, 0.29) is 0 Å². The van der Waals surface area contributed by atoms with Crippen LogP contribution in [0.4, 0.5) is 0 Å². The lowest BCUT2D eigenvalue weighted by Gasteiger charge is -1.70. The maximum absolute atomic E-state index is 9.38. The van der Waals surface area contributed by atoms with E-state index in [1.807, 2.05) is 22.9 Å². The molecule has 1 heterocycles.